The highest BCUT2D eigenvalue weighted by Crippen LogP contribution is 2.27. The van der Waals surface area contributed by atoms with E-state index in [0.29, 0.717) is 18.3 Å². The molecule has 0 bridgehead atoms. The van der Waals surface area contributed by atoms with Crippen LogP contribution in [0.15, 0.2) is 18.2 Å². The first kappa shape index (κ1) is 12.2. The van der Waals surface area contributed by atoms with E-state index in [9.17, 15) is 5.11 Å². The summed E-state index contributed by atoms with van der Waals surface area (Å²) < 4.78 is 5.17. The molecule has 3 N–H and O–H groups in total. The standard InChI is InChI=1S/C13H20N2O2/c1-17-12-4-5-13(16)10(7-12)9-15-6-2-3-11(15)8-14/h4-5,7,11,16H,2-3,6,8-9,14H2,1H3. The molecule has 1 fully saturated rings. The largest absolute Gasteiger partial charge is 0.508 e. The van der Waals surface area contributed by atoms with Crippen LogP contribution in [0.3, 0.4) is 0 Å². The Balaban J connectivity index is 2.12. The molecule has 0 spiro atoms. The smallest absolute Gasteiger partial charge is 0.120 e. The lowest BCUT2D eigenvalue weighted by Crippen LogP contribution is -2.34. The summed E-state index contributed by atoms with van der Waals surface area (Å²) in [7, 11) is 1.63. The van der Waals surface area contributed by atoms with E-state index in [1.165, 1.54) is 6.42 Å². The number of ether oxygens (including phenoxy) is 1. The molecule has 0 radical (unpaired) electrons. The number of methoxy groups -OCH3 is 1. The second-order valence-corrected chi connectivity index (χ2v) is 4.50. The van der Waals surface area contributed by atoms with Crippen LogP contribution in [0.4, 0.5) is 0 Å². The van der Waals surface area contributed by atoms with Crippen molar-refractivity contribution in [1.82, 2.24) is 4.90 Å². The highest BCUT2D eigenvalue weighted by atomic mass is 16.5. The number of rotatable bonds is 4. The number of nitrogens with zero attached hydrogens (tertiary/aromatic N) is 1. The summed E-state index contributed by atoms with van der Waals surface area (Å²) in [6.07, 6.45) is 2.34. The number of nitrogens with two attached hydrogens (primary N) is 1. The number of phenolic OH excluding ortho intramolecular Hbond substituents is 1. The first-order chi connectivity index (χ1) is 8.24. The molecule has 0 aromatic heterocycles. The van der Waals surface area contributed by atoms with Gasteiger partial charge in [-0.3, -0.25) is 4.90 Å². The van der Waals surface area contributed by atoms with E-state index < -0.39 is 0 Å². The fraction of sp³-hybridized carbons (Fsp3) is 0.538. The number of hydrogen-bond donors (Lipinski definition) is 2. The summed E-state index contributed by atoms with van der Waals surface area (Å²) >= 11 is 0. The van der Waals surface area contributed by atoms with Gasteiger partial charge in [0.25, 0.3) is 0 Å². The molecule has 1 unspecified atom stereocenters. The van der Waals surface area contributed by atoms with Crippen LogP contribution in [-0.4, -0.2) is 36.2 Å². The van der Waals surface area contributed by atoms with Gasteiger partial charge in [0, 0.05) is 24.7 Å². The lowest BCUT2D eigenvalue weighted by atomic mass is 10.1. The molecule has 4 heteroatoms. The number of aromatic hydroxyl groups is 1. The topological polar surface area (TPSA) is 58.7 Å². The van der Waals surface area contributed by atoms with Crippen molar-refractivity contribution in [2.45, 2.75) is 25.4 Å². The molecule has 0 saturated carbocycles. The Morgan fingerprint density at radius 1 is 1.53 bits per heavy atom. The molecule has 4 nitrogen and oxygen atoms in total. The van der Waals surface area contributed by atoms with Crippen molar-refractivity contribution in [1.29, 1.82) is 0 Å². The van der Waals surface area contributed by atoms with E-state index in [2.05, 4.69) is 4.90 Å². The Hall–Kier alpha value is -1.26. The van der Waals surface area contributed by atoms with E-state index in [1.807, 2.05) is 6.07 Å². The van der Waals surface area contributed by atoms with Gasteiger partial charge in [0.2, 0.25) is 0 Å². The van der Waals surface area contributed by atoms with Crippen LogP contribution in [0, 0.1) is 0 Å². The minimum absolute atomic E-state index is 0.327. The van der Waals surface area contributed by atoms with Crippen LogP contribution in [0.5, 0.6) is 11.5 Å². The SMILES string of the molecule is COc1ccc(O)c(CN2CCCC2CN)c1. The monoisotopic (exact) mass is 236 g/mol. The molecule has 2 rings (SSSR count). The quantitative estimate of drug-likeness (QED) is 0.828. The highest BCUT2D eigenvalue weighted by Gasteiger charge is 2.23. The zero-order valence-corrected chi connectivity index (χ0v) is 10.2. The molecular weight excluding hydrogens is 216 g/mol. The molecule has 1 atom stereocenters. The Morgan fingerprint density at radius 2 is 2.35 bits per heavy atom. The van der Waals surface area contributed by atoms with Crippen LogP contribution >= 0.6 is 0 Å². The fourth-order valence-corrected chi connectivity index (χ4v) is 2.40. The van der Waals surface area contributed by atoms with E-state index in [1.54, 1.807) is 19.2 Å². The zero-order chi connectivity index (χ0) is 12.3. The van der Waals surface area contributed by atoms with Gasteiger partial charge in [0.1, 0.15) is 11.5 Å². The maximum absolute atomic E-state index is 9.84. The predicted octanol–water partition coefficient (Wildman–Crippen LogP) is 1.32. The molecule has 17 heavy (non-hydrogen) atoms. The van der Waals surface area contributed by atoms with Crippen molar-refractivity contribution in [3.8, 4) is 11.5 Å². The van der Waals surface area contributed by atoms with Crippen LogP contribution in [-0.2, 0) is 6.54 Å². The van der Waals surface area contributed by atoms with Gasteiger partial charge in [-0.25, -0.2) is 0 Å². The van der Waals surface area contributed by atoms with Gasteiger partial charge in [-0.15, -0.1) is 0 Å². The highest BCUT2D eigenvalue weighted by molar-refractivity contribution is 5.39. The summed E-state index contributed by atoms with van der Waals surface area (Å²) in [6.45, 7) is 2.48. The zero-order valence-electron chi connectivity index (χ0n) is 10.2. The summed E-state index contributed by atoms with van der Waals surface area (Å²) in [5.41, 5.74) is 6.65. The summed E-state index contributed by atoms with van der Waals surface area (Å²) in [4.78, 5) is 2.33. The van der Waals surface area contributed by atoms with Crippen molar-refractivity contribution in [3.63, 3.8) is 0 Å². The minimum Gasteiger partial charge on any atom is -0.508 e. The molecule has 1 saturated heterocycles. The molecule has 1 aromatic carbocycles. The van der Waals surface area contributed by atoms with Gasteiger partial charge >= 0.3 is 0 Å². The van der Waals surface area contributed by atoms with Gasteiger partial charge in [-0.05, 0) is 37.6 Å². The van der Waals surface area contributed by atoms with Crippen LogP contribution < -0.4 is 10.5 Å². The summed E-state index contributed by atoms with van der Waals surface area (Å²) in [5, 5.41) is 9.84. The van der Waals surface area contributed by atoms with Crippen LogP contribution in [0.2, 0.25) is 0 Å². The van der Waals surface area contributed by atoms with Crippen molar-refractivity contribution < 1.29 is 9.84 Å². The lowest BCUT2D eigenvalue weighted by molar-refractivity contribution is 0.246. The Morgan fingerprint density at radius 3 is 3.06 bits per heavy atom. The summed E-state index contributed by atoms with van der Waals surface area (Å²) in [6, 6.07) is 5.78. The van der Waals surface area contributed by atoms with E-state index in [4.69, 9.17) is 10.5 Å². The maximum atomic E-state index is 9.84. The average molecular weight is 236 g/mol. The summed E-state index contributed by atoms with van der Waals surface area (Å²) in [5.74, 6) is 1.11. The van der Waals surface area contributed by atoms with Gasteiger partial charge in [0.15, 0.2) is 0 Å². The second kappa shape index (κ2) is 5.38. The van der Waals surface area contributed by atoms with Gasteiger partial charge in [-0.1, -0.05) is 0 Å². The van der Waals surface area contributed by atoms with Gasteiger partial charge in [0.05, 0.1) is 7.11 Å². The first-order valence-corrected chi connectivity index (χ1v) is 6.04. The fourth-order valence-electron chi connectivity index (χ4n) is 2.40. The Labute approximate surface area is 102 Å². The lowest BCUT2D eigenvalue weighted by Gasteiger charge is -2.23. The van der Waals surface area contributed by atoms with E-state index >= 15 is 0 Å². The Bertz CT molecular complexity index is 382. The molecule has 1 heterocycles. The average Bonchev–Trinajstić information content (AvgIpc) is 2.79. The van der Waals surface area contributed by atoms with Crippen molar-refractivity contribution in [2.24, 2.45) is 5.73 Å². The molecule has 94 valence electrons. The third-order valence-corrected chi connectivity index (χ3v) is 3.43. The number of hydrogen-bond acceptors (Lipinski definition) is 4. The molecule has 0 amide bonds. The molecule has 1 aliphatic heterocycles. The van der Waals surface area contributed by atoms with E-state index in [-0.39, 0.29) is 0 Å². The minimum atomic E-state index is 0.327. The van der Waals surface area contributed by atoms with E-state index in [0.717, 1.165) is 30.8 Å². The second-order valence-electron chi connectivity index (χ2n) is 4.50. The van der Waals surface area contributed by atoms with Crippen molar-refractivity contribution in [3.05, 3.63) is 23.8 Å². The molecule has 0 aliphatic carbocycles. The predicted molar refractivity (Wildman–Crippen MR) is 67.1 cm³/mol. The molecular formula is C13H20N2O2. The molecule has 1 aliphatic rings. The van der Waals surface area contributed by atoms with Gasteiger partial charge < -0.3 is 15.6 Å². The van der Waals surface area contributed by atoms with Crippen LogP contribution in [0.25, 0.3) is 0 Å². The molecule has 1 aromatic rings. The van der Waals surface area contributed by atoms with Gasteiger partial charge in [-0.2, -0.15) is 0 Å². The van der Waals surface area contributed by atoms with Crippen LogP contribution in [0.1, 0.15) is 18.4 Å². The first-order valence-electron chi connectivity index (χ1n) is 6.04. The van der Waals surface area contributed by atoms with Crippen molar-refractivity contribution in [2.75, 3.05) is 20.2 Å². The normalized spacial score (nSPS) is 20.7. The number of phenols is 1. The third-order valence-electron chi connectivity index (χ3n) is 3.43. The van der Waals surface area contributed by atoms with Crippen molar-refractivity contribution >= 4 is 0 Å². The Kier molecular flexibility index (Phi) is 3.86. The maximum Gasteiger partial charge on any atom is 0.120 e. The number of benzene rings is 1. The third kappa shape index (κ3) is 2.70. The number of likely N-dealkylation sites (tertiary alicyclic amines) is 1.